The lowest BCUT2D eigenvalue weighted by atomic mass is 10.0. The van der Waals surface area contributed by atoms with E-state index in [1.54, 1.807) is 11.3 Å². The maximum Gasteiger partial charge on any atom is 0.329 e. The SMILES string of the molecule is Cn1c(=O)cc(N2CCC(C(=O)N3CCc4sccc4C3)C2)[nH]c1=O. The second-order valence-corrected chi connectivity index (χ2v) is 7.67. The molecule has 25 heavy (non-hydrogen) atoms. The van der Waals surface area contributed by atoms with Crippen LogP contribution in [-0.4, -0.2) is 40.0 Å². The van der Waals surface area contributed by atoms with Gasteiger partial charge in [-0.1, -0.05) is 0 Å². The highest BCUT2D eigenvalue weighted by atomic mass is 32.1. The van der Waals surface area contributed by atoms with Crippen LogP contribution >= 0.6 is 11.3 Å². The summed E-state index contributed by atoms with van der Waals surface area (Å²) in [4.78, 5) is 44.4. The molecule has 0 aromatic carbocycles. The molecule has 1 unspecified atom stereocenters. The van der Waals surface area contributed by atoms with E-state index in [9.17, 15) is 14.4 Å². The molecule has 2 aromatic heterocycles. The van der Waals surface area contributed by atoms with Gasteiger partial charge in [0.1, 0.15) is 5.82 Å². The minimum Gasteiger partial charge on any atom is -0.357 e. The van der Waals surface area contributed by atoms with E-state index in [4.69, 9.17) is 0 Å². The molecule has 0 aliphatic carbocycles. The number of carbonyl (C=O) groups is 1. The summed E-state index contributed by atoms with van der Waals surface area (Å²) in [7, 11) is 1.44. The number of aromatic nitrogens is 2. The third-order valence-corrected chi connectivity index (χ3v) is 6.15. The number of amides is 1. The van der Waals surface area contributed by atoms with Gasteiger partial charge in [-0.05, 0) is 29.9 Å². The molecule has 1 atom stereocenters. The summed E-state index contributed by atoms with van der Waals surface area (Å²) in [5.41, 5.74) is 0.489. The molecule has 1 N–H and O–H groups in total. The van der Waals surface area contributed by atoms with Gasteiger partial charge in [-0.25, -0.2) is 4.79 Å². The molecule has 2 aliphatic heterocycles. The average Bonchev–Trinajstić information content (AvgIpc) is 3.27. The van der Waals surface area contributed by atoms with E-state index in [2.05, 4.69) is 16.4 Å². The molecule has 7 nitrogen and oxygen atoms in total. The number of nitrogens with one attached hydrogen (secondary N) is 1. The first kappa shape index (κ1) is 16.1. The number of hydrogen-bond donors (Lipinski definition) is 1. The lowest BCUT2D eigenvalue weighted by molar-refractivity contribution is -0.135. The number of thiophene rings is 1. The molecule has 4 rings (SSSR count). The number of aromatic amines is 1. The van der Waals surface area contributed by atoms with Crippen LogP contribution in [0.5, 0.6) is 0 Å². The van der Waals surface area contributed by atoms with Gasteiger partial charge in [0.05, 0.1) is 5.92 Å². The van der Waals surface area contributed by atoms with Gasteiger partial charge in [0.2, 0.25) is 5.91 Å². The van der Waals surface area contributed by atoms with Gasteiger partial charge in [-0.2, -0.15) is 0 Å². The summed E-state index contributed by atoms with van der Waals surface area (Å²) in [6.45, 7) is 2.66. The molecule has 1 fully saturated rings. The van der Waals surface area contributed by atoms with E-state index >= 15 is 0 Å². The number of H-pyrrole nitrogens is 1. The van der Waals surface area contributed by atoms with E-state index in [0.29, 0.717) is 25.5 Å². The number of fused-ring (bicyclic) bond motifs is 1. The third-order valence-electron chi connectivity index (χ3n) is 5.13. The van der Waals surface area contributed by atoms with Crippen molar-refractivity contribution in [1.29, 1.82) is 0 Å². The van der Waals surface area contributed by atoms with Gasteiger partial charge < -0.3 is 9.80 Å². The zero-order valence-corrected chi connectivity index (χ0v) is 14.8. The molecule has 132 valence electrons. The lowest BCUT2D eigenvalue weighted by Gasteiger charge is -2.29. The van der Waals surface area contributed by atoms with E-state index in [0.717, 1.165) is 24.0 Å². The standard InChI is InChI=1S/C17H20N4O3S/c1-19-15(22)8-14(18-17(19)24)20-5-2-12(10-20)16(23)21-6-3-13-11(9-21)4-7-25-13/h4,7-8,12H,2-3,5-6,9-10H2,1H3,(H,18,24). The zero-order chi connectivity index (χ0) is 17.6. The van der Waals surface area contributed by atoms with Gasteiger partial charge >= 0.3 is 5.69 Å². The van der Waals surface area contributed by atoms with Crippen LogP contribution in [-0.2, 0) is 24.8 Å². The van der Waals surface area contributed by atoms with Crippen molar-refractivity contribution in [3.8, 4) is 0 Å². The summed E-state index contributed by atoms with van der Waals surface area (Å²) in [6.07, 6.45) is 1.67. The predicted molar refractivity (Wildman–Crippen MR) is 96.1 cm³/mol. The first-order chi connectivity index (χ1) is 12.0. The highest BCUT2D eigenvalue weighted by Crippen LogP contribution is 2.27. The smallest absolute Gasteiger partial charge is 0.329 e. The molecule has 0 bridgehead atoms. The van der Waals surface area contributed by atoms with Crippen LogP contribution in [0, 0.1) is 5.92 Å². The summed E-state index contributed by atoms with van der Waals surface area (Å²) < 4.78 is 1.04. The van der Waals surface area contributed by atoms with E-state index in [-0.39, 0.29) is 17.4 Å². The number of nitrogens with zero attached hydrogens (tertiary/aromatic N) is 3. The molecule has 1 amide bonds. The minimum atomic E-state index is -0.432. The summed E-state index contributed by atoms with van der Waals surface area (Å²) >= 11 is 1.76. The van der Waals surface area contributed by atoms with Crippen LogP contribution in [0.2, 0.25) is 0 Å². The largest absolute Gasteiger partial charge is 0.357 e. The molecule has 0 radical (unpaired) electrons. The fraction of sp³-hybridized carbons (Fsp3) is 0.471. The van der Waals surface area contributed by atoms with Crippen molar-refractivity contribution in [3.05, 3.63) is 48.8 Å². The van der Waals surface area contributed by atoms with Gasteiger partial charge in [0.25, 0.3) is 5.56 Å². The number of anilines is 1. The highest BCUT2D eigenvalue weighted by molar-refractivity contribution is 7.10. The highest BCUT2D eigenvalue weighted by Gasteiger charge is 2.33. The molecule has 0 spiro atoms. The average molecular weight is 360 g/mol. The zero-order valence-electron chi connectivity index (χ0n) is 14.0. The molecule has 1 saturated heterocycles. The Bertz CT molecular complexity index is 897. The molecule has 4 heterocycles. The second kappa shape index (κ2) is 6.18. The molecule has 8 heteroatoms. The van der Waals surface area contributed by atoms with Gasteiger partial charge in [0, 0.05) is 44.2 Å². The Balaban J connectivity index is 1.47. The van der Waals surface area contributed by atoms with Crippen LogP contribution in [0.15, 0.2) is 27.1 Å². The molecule has 2 aliphatic rings. The second-order valence-electron chi connectivity index (χ2n) is 6.67. The fourth-order valence-electron chi connectivity index (χ4n) is 3.59. The topological polar surface area (TPSA) is 78.4 Å². The Morgan fingerprint density at radius 1 is 1.32 bits per heavy atom. The van der Waals surface area contributed by atoms with Crippen LogP contribution < -0.4 is 16.1 Å². The van der Waals surface area contributed by atoms with Gasteiger partial charge in [-0.3, -0.25) is 19.1 Å². The third kappa shape index (κ3) is 2.90. The number of rotatable bonds is 2. The van der Waals surface area contributed by atoms with Crippen molar-refractivity contribution in [3.63, 3.8) is 0 Å². The van der Waals surface area contributed by atoms with Crippen LogP contribution in [0.25, 0.3) is 0 Å². The van der Waals surface area contributed by atoms with Crippen LogP contribution in [0.3, 0.4) is 0 Å². The Labute approximate surface area is 148 Å². The maximum absolute atomic E-state index is 12.9. The minimum absolute atomic E-state index is 0.0901. The van der Waals surface area contributed by atoms with Gasteiger partial charge in [-0.15, -0.1) is 11.3 Å². The maximum atomic E-state index is 12.9. The Kier molecular flexibility index (Phi) is 3.99. The van der Waals surface area contributed by atoms with Gasteiger partial charge in [0.15, 0.2) is 0 Å². The first-order valence-electron chi connectivity index (χ1n) is 8.42. The quantitative estimate of drug-likeness (QED) is 0.848. The Hall–Kier alpha value is -2.35. The number of hydrogen-bond acceptors (Lipinski definition) is 5. The Morgan fingerprint density at radius 3 is 2.96 bits per heavy atom. The van der Waals surface area contributed by atoms with E-state index < -0.39 is 5.69 Å². The normalized spacial score (nSPS) is 20.0. The lowest BCUT2D eigenvalue weighted by Crippen LogP contribution is -2.40. The summed E-state index contributed by atoms with van der Waals surface area (Å²) in [5.74, 6) is 0.584. The predicted octanol–water partition coefficient (Wildman–Crippen LogP) is 0.546. The molecule has 2 aromatic rings. The van der Waals surface area contributed by atoms with E-state index in [1.165, 1.54) is 23.6 Å². The van der Waals surface area contributed by atoms with E-state index in [1.807, 2.05) is 9.80 Å². The summed E-state index contributed by atoms with van der Waals surface area (Å²) in [6, 6.07) is 3.53. The van der Waals surface area contributed by atoms with Crippen molar-refractivity contribution in [2.24, 2.45) is 13.0 Å². The molecular weight excluding hydrogens is 340 g/mol. The summed E-state index contributed by atoms with van der Waals surface area (Å²) in [5, 5.41) is 2.09. The Morgan fingerprint density at radius 2 is 2.16 bits per heavy atom. The van der Waals surface area contributed by atoms with Crippen molar-refractivity contribution in [2.45, 2.75) is 19.4 Å². The van der Waals surface area contributed by atoms with Crippen molar-refractivity contribution < 1.29 is 4.79 Å². The number of carbonyl (C=O) groups excluding carboxylic acids is 1. The monoisotopic (exact) mass is 360 g/mol. The molecule has 0 saturated carbocycles. The van der Waals surface area contributed by atoms with Crippen molar-refractivity contribution >= 4 is 23.1 Å². The fourth-order valence-corrected chi connectivity index (χ4v) is 4.48. The molecular formula is C17H20N4O3S. The van der Waals surface area contributed by atoms with Crippen molar-refractivity contribution in [2.75, 3.05) is 24.5 Å². The van der Waals surface area contributed by atoms with Crippen LogP contribution in [0.4, 0.5) is 5.82 Å². The van der Waals surface area contributed by atoms with Crippen molar-refractivity contribution in [1.82, 2.24) is 14.5 Å². The van der Waals surface area contributed by atoms with Crippen LogP contribution in [0.1, 0.15) is 16.9 Å². The first-order valence-corrected chi connectivity index (χ1v) is 9.30.